The lowest BCUT2D eigenvalue weighted by Gasteiger charge is -2.32. The topological polar surface area (TPSA) is 158 Å². The van der Waals surface area contributed by atoms with E-state index in [4.69, 9.17) is 9.47 Å². The molecule has 6 N–H and O–H groups in total. The molecule has 274 valence electrons. The molecule has 0 saturated carbocycles. The highest BCUT2D eigenvalue weighted by atomic mass is 19.1. The fraction of sp³-hybridized carbons (Fsp3) is 0.316. The van der Waals surface area contributed by atoms with Crippen molar-refractivity contribution in [2.45, 2.75) is 74.8 Å². The van der Waals surface area contributed by atoms with E-state index in [0.29, 0.717) is 23.3 Å². The number of ether oxygens (including phenoxy) is 2. The maximum atomic E-state index is 14.0. The molecular formula is C38H36F4N2O8. The summed E-state index contributed by atoms with van der Waals surface area (Å²) in [6, 6.07) is 16.8. The number of hydrogen-bond acceptors (Lipinski definition) is 8. The molecule has 0 fully saturated rings. The number of carbonyl (C=O) groups excluding carboxylic acids is 2. The molecular weight excluding hydrogens is 688 g/mol. The monoisotopic (exact) mass is 724 g/mol. The van der Waals surface area contributed by atoms with Gasteiger partial charge in [0, 0.05) is 25.0 Å². The molecule has 0 unspecified atom stereocenters. The van der Waals surface area contributed by atoms with Crippen LogP contribution >= 0.6 is 0 Å². The van der Waals surface area contributed by atoms with Gasteiger partial charge >= 0.3 is 0 Å². The molecule has 0 saturated heterocycles. The van der Waals surface area contributed by atoms with E-state index in [-0.39, 0.29) is 24.0 Å². The van der Waals surface area contributed by atoms with Crippen molar-refractivity contribution in [2.75, 3.05) is 0 Å². The lowest BCUT2D eigenvalue weighted by Crippen LogP contribution is -2.57. The number of rotatable bonds is 13. The summed E-state index contributed by atoms with van der Waals surface area (Å²) in [5.74, 6) is -5.90. The Morgan fingerprint density at radius 3 is 1.33 bits per heavy atom. The van der Waals surface area contributed by atoms with Gasteiger partial charge in [-0.15, -0.1) is 0 Å². The van der Waals surface area contributed by atoms with Crippen LogP contribution in [-0.4, -0.2) is 68.9 Å². The van der Waals surface area contributed by atoms with Gasteiger partial charge in [-0.2, -0.15) is 0 Å². The fourth-order valence-electron chi connectivity index (χ4n) is 6.74. The molecule has 52 heavy (non-hydrogen) atoms. The van der Waals surface area contributed by atoms with Gasteiger partial charge < -0.3 is 40.5 Å². The first-order valence-corrected chi connectivity index (χ1v) is 16.5. The van der Waals surface area contributed by atoms with Crippen molar-refractivity contribution in [3.8, 4) is 0 Å². The van der Waals surface area contributed by atoms with Crippen LogP contribution in [-0.2, 0) is 45.1 Å². The van der Waals surface area contributed by atoms with Crippen LogP contribution in [0.4, 0.5) is 17.6 Å². The normalized spacial score (nSPS) is 21.5. The second-order valence-electron chi connectivity index (χ2n) is 12.9. The SMILES string of the molecule is O=C(N[C@H]1c2ccccc2C[C@H]1O)[C@H](OCc1cc(F)cc(F)c1)[C@H](O)[C@@H](O)[C@@H](OCc1cc(F)cc(F)c1)C(=O)N[C@H]1c2ccccc2C[C@H]1O. The van der Waals surface area contributed by atoms with Crippen LogP contribution in [0.25, 0.3) is 0 Å². The van der Waals surface area contributed by atoms with Gasteiger partial charge in [-0.25, -0.2) is 17.6 Å². The number of fused-ring (bicyclic) bond motifs is 2. The first kappa shape index (κ1) is 37.1. The van der Waals surface area contributed by atoms with Crippen molar-refractivity contribution in [3.63, 3.8) is 0 Å². The third kappa shape index (κ3) is 8.33. The molecule has 10 nitrogen and oxygen atoms in total. The Bertz CT molecular complexity index is 1750. The van der Waals surface area contributed by atoms with Crippen LogP contribution in [0, 0.1) is 23.3 Å². The number of benzene rings is 4. The molecule has 0 spiro atoms. The summed E-state index contributed by atoms with van der Waals surface area (Å²) in [6.45, 7) is -1.29. The Hall–Kier alpha value is -4.70. The van der Waals surface area contributed by atoms with E-state index in [0.717, 1.165) is 35.4 Å². The first-order valence-electron chi connectivity index (χ1n) is 16.5. The zero-order valence-electron chi connectivity index (χ0n) is 27.5. The Morgan fingerprint density at radius 1 is 0.615 bits per heavy atom. The standard InChI is InChI=1S/C38H36F4N2O8/c39-23-9-19(10-24(40)15-23)17-51-35(37(49)43-31-27-7-3-1-5-21(27)13-29(31)45)33(47)34(48)36(52-18-20-11-25(41)16-26(42)12-20)38(50)44-32-28-8-4-2-6-22(28)14-30(32)46/h1-12,15-16,29-36,45-48H,13-14,17-18H2,(H,43,49)(H,44,50)/t29-,30-,31+,32+,33-,34-,35-,36-/m1/s1. The molecule has 2 amide bonds. The van der Waals surface area contributed by atoms with Gasteiger partial charge in [-0.1, -0.05) is 48.5 Å². The van der Waals surface area contributed by atoms with Gasteiger partial charge in [-0.05, 0) is 57.6 Å². The summed E-state index contributed by atoms with van der Waals surface area (Å²) in [5.41, 5.74) is 2.53. The highest BCUT2D eigenvalue weighted by Crippen LogP contribution is 2.33. The first-order chi connectivity index (χ1) is 24.9. The van der Waals surface area contributed by atoms with E-state index in [1.165, 1.54) is 0 Å². The van der Waals surface area contributed by atoms with E-state index in [1.54, 1.807) is 48.5 Å². The molecule has 14 heteroatoms. The van der Waals surface area contributed by atoms with Crippen molar-refractivity contribution in [1.29, 1.82) is 0 Å². The molecule has 0 aliphatic heterocycles. The molecule has 0 radical (unpaired) electrons. The highest BCUT2D eigenvalue weighted by Gasteiger charge is 2.44. The number of nitrogens with one attached hydrogen (secondary N) is 2. The minimum absolute atomic E-state index is 0.0733. The second-order valence-corrected chi connectivity index (χ2v) is 12.9. The Kier molecular flexibility index (Phi) is 11.3. The molecule has 0 heterocycles. The van der Waals surface area contributed by atoms with E-state index in [9.17, 15) is 47.6 Å². The number of carbonyl (C=O) groups is 2. The summed E-state index contributed by atoms with van der Waals surface area (Å²) in [7, 11) is 0. The maximum Gasteiger partial charge on any atom is 0.252 e. The van der Waals surface area contributed by atoms with Crippen LogP contribution in [0.5, 0.6) is 0 Å². The van der Waals surface area contributed by atoms with Crippen molar-refractivity contribution in [2.24, 2.45) is 0 Å². The molecule has 0 aromatic heterocycles. The maximum absolute atomic E-state index is 14.0. The highest BCUT2D eigenvalue weighted by molar-refractivity contribution is 5.84. The van der Waals surface area contributed by atoms with Gasteiger partial charge in [0.2, 0.25) is 0 Å². The number of aliphatic hydroxyl groups excluding tert-OH is 4. The molecule has 2 aliphatic rings. The Labute approximate surface area is 295 Å². The quantitative estimate of drug-likeness (QED) is 0.115. The number of aliphatic hydroxyl groups is 4. The van der Waals surface area contributed by atoms with Crippen molar-refractivity contribution < 1.29 is 57.1 Å². The third-order valence-corrected chi connectivity index (χ3v) is 9.19. The lowest BCUT2D eigenvalue weighted by atomic mass is 9.99. The van der Waals surface area contributed by atoms with Crippen molar-refractivity contribution in [3.05, 3.63) is 142 Å². The van der Waals surface area contributed by atoms with Gasteiger partial charge in [-0.3, -0.25) is 9.59 Å². The van der Waals surface area contributed by atoms with Gasteiger partial charge in [0.25, 0.3) is 11.8 Å². The minimum atomic E-state index is -2.28. The van der Waals surface area contributed by atoms with Crippen LogP contribution in [0.3, 0.4) is 0 Å². The average molecular weight is 725 g/mol. The van der Waals surface area contributed by atoms with E-state index >= 15 is 0 Å². The minimum Gasteiger partial charge on any atom is -0.390 e. The number of amides is 2. The van der Waals surface area contributed by atoms with Crippen molar-refractivity contribution >= 4 is 11.8 Å². The smallest absolute Gasteiger partial charge is 0.252 e. The molecule has 8 atom stereocenters. The lowest BCUT2D eigenvalue weighted by molar-refractivity contribution is -0.171. The van der Waals surface area contributed by atoms with E-state index in [1.807, 2.05) is 0 Å². The van der Waals surface area contributed by atoms with Gasteiger partial charge in [0.15, 0.2) is 12.2 Å². The Morgan fingerprint density at radius 2 is 0.962 bits per heavy atom. The van der Waals surface area contributed by atoms with Crippen LogP contribution < -0.4 is 10.6 Å². The summed E-state index contributed by atoms with van der Waals surface area (Å²) < 4.78 is 67.3. The van der Waals surface area contributed by atoms with E-state index in [2.05, 4.69) is 10.6 Å². The van der Waals surface area contributed by atoms with Crippen LogP contribution in [0.2, 0.25) is 0 Å². The third-order valence-electron chi connectivity index (χ3n) is 9.19. The molecule has 4 aromatic carbocycles. The largest absolute Gasteiger partial charge is 0.390 e. The predicted molar refractivity (Wildman–Crippen MR) is 176 cm³/mol. The Balaban J connectivity index is 1.28. The van der Waals surface area contributed by atoms with Crippen LogP contribution in [0.1, 0.15) is 45.5 Å². The summed E-state index contributed by atoms with van der Waals surface area (Å²) in [5, 5.41) is 49.9. The second kappa shape index (κ2) is 15.9. The number of hydrogen-bond donors (Lipinski definition) is 6. The fourth-order valence-corrected chi connectivity index (χ4v) is 6.74. The zero-order chi connectivity index (χ0) is 37.1. The number of halogens is 4. The average Bonchev–Trinajstić information content (AvgIpc) is 3.58. The summed E-state index contributed by atoms with van der Waals surface area (Å²) >= 11 is 0. The zero-order valence-corrected chi connectivity index (χ0v) is 27.5. The predicted octanol–water partition coefficient (Wildman–Crippen LogP) is 2.98. The van der Waals surface area contributed by atoms with Crippen LogP contribution in [0.15, 0.2) is 84.9 Å². The van der Waals surface area contributed by atoms with Crippen molar-refractivity contribution in [1.82, 2.24) is 10.6 Å². The summed E-state index contributed by atoms with van der Waals surface area (Å²) in [4.78, 5) is 27.7. The molecule has 2 aliphatic carbocycles. The molecule has 0 bridgehead atoms. The van der Waals surface area contributed by atoms with Gasteiger partial charge in [0.05, 0.1) is 37.5 Å². The van der Waals surface area contributed by atoms with Gasteiger partial charge in [0.1, 0.15) is 35.5 Å². The van der Waals surface area contributed by atoms with E-state index < -0.39 is 97.0 Å². The molecule has 6 rings (SSSR count). The molecule has 4 aromatic rings. The summed E-state index contributed by atoms with van der Waals surface area (Å²) in [6.07, 6.45) is -10.4.